The van der Waals surface area contributed by atoms with Gasteiger partial charge in [0, 0.05) is 5.54 Å². The minimum absolute atomic E-state index is 0.178. The molecule has 0 bridgehead atoms. The number of anilines is 1. The summed E-state index contributed by atoms with van der Waals surface area (Å²) in [6.07, 6.45) is 1.54. The third kappa shape index (κ3) is 6.25. The van der Waals surface area contributed by atoms with Crippen molar-refractivity contribution in [3.63, 3.8) is 0 Å². The molecule has 0 aliphatic rings. The molecular formula is C17H24N6O2. The van der Waals surface area contributed by atoms with Crippen LogP contribution in [0.25, 0.3) is 0 Å². The van der Waals surface area contributed by atoms with Crippen LogP contribution in [0.3, 0.4) is 0 Å². The van der Waals surface area contributed by atoms with Gasteiger partial charge in [-0.3, -0.25) is 10.1 Å². The highest BCUT2D eigenvalue weighted by molar-refractivity contribution is 5.92. The van der Waals surface area contributed by atoms with Gasteiger partial charge in [0.05, 0.1) is 6.54 Å². The molecule has 1 heterocycles. The largest absolute Gasteiger partial charge is 0.350 e. The van der Waals surface area contributed by atoms with Crippen LogP contribution in [0.15, 0.2) is 36.7 Å². The number of hydrogen-bond donors (Lipinski definition) is 3. The van der Waals surface area contributed by atoms with Crippen molar-refractivity contribution in [3.05, 3.63) is 42.2 Å². The number of rotatable bonds is 5. The first-order chi connectivity index (χ1) is 11.7. The predicted octanol–water partition coefficient (Wildman–Crippen LogP) is 1.75. The SMILES string of the molecule is CC(NC(=O)Nc1ncn(Cc2ccccc2)n1)C(=O)NC(C)(C)C. The van der Waals surface area contributed by atoms with E-state index < -0.39 is 12.1 Å². The Morgan fingerprint density at radius 3 is 2.52 bits per heavy atom. The molecule has 0 fully saturated rings. The molecule has 0 aliphatic heterocycles. The molecule has 0 aliphatic carbocycles. The summed E-state index contributed by atoms with van der Waals surface area (Å²) >= 11 is 0. The summed E-state index contributed by atoms with van der Waals surface area (Å²) < 4.78 is 1.63. The zero-order valence-electron chi connectivity index (χ0n) is 14.9. The van der Waals surface area contributed by atoms with E-state index in [2.05, 4.69) is 26.0 Å². The Labute approximate surface area is 147 Å². The molecule has 1 aromatic heterocycles. The van der Waals surface area contributed by atoms with E-state index in [1.807, 2.05) is 51.1 Å². The second kappa shape index (κ2) is 7.78. The zero-order chi connectivity index (χ0) is 18.4. The fraction of sp³-hybridized carbons (Fsp3) is 0.412. The van der Waals surface area contributed by atoms with Crippen LogP contribution in [0.5, 0.6) is 0 Å². The van der Waals surface area contributed by atoms with E-state index in [4.69, 9.17) is 0 Å². The smallest absolute Gasteiger partial charge is 0.322 e. The summed E-state index contributed by atoms with van der Waals surface area (Å²) in [5, 5.41) is 12.1. The maximum Gasteiger partial charge on any atom is 0.322 e. The third-order valence-electron chi connectivity index (χ3n) is 3.19. The molecular weight excluding hydrogens is 320 g/mol. The van der Waals surface area contributed by atoms with Gasteiger partial charge in [-0.2, -0.15) is 0 Å². The lowest BCUT2D eigenvalue weighted by Crippen LogP contribution is -2.51. The predicted molar refractivity (Wildman–Crippen MR) is 95.1 cm³/mol. The average molecular weight is 344 g/mol. The molecule has 8 heteroatoms. The van der Waals surface area contributed by atoms with Crippen LogP contribution in [-0.2, 0) is 11.3 Å². The van der Waals surface area contributed by atoms with Gasteiger partial charge in [-0.15, -0.1) is 5.10 Å². The van der Waals surface area contributed by atoms with Crippen molar-refractivity contribution in [1.82, 2.24) is 25.4 Å². The number of carbonyl (C=O) groups excluding carboxylic acids is 2. The fourth-order valence-electron chi connectivity index (χ4n) is 2.08. The van der Waals surface area contributed by atoms with Crippen LogP contribution in [0.2, 0.25) is 0 Å². The molecule has 2 aromatic rings. The molecule has 0 saturated heterocycles. The molecule has 8 nitrogen and oxygen atoms in total. The van der Waals surface area contributed by atoms with Crippen LogP contribution in [-0.4, -0.2) is 38.3 Å². The van der Waals surface area contributed by atoms with E-state index in [0.717, 1.165) is 5.56 Å². The second-order valence-corrected chi connectivity index (χ2v) is 6.81. The van der Waals surface area contributed by atoms with Gasteiger partial charge in [-0.1, -0.05) is 30.3 Å². The van der Waals surface area contributed by atoms with Gasteiger partial charge in [-0.05, 0) is 33.3 Å². The number of benzene rings is 1. The Morgan fingerprint density at radius 1 is 1.20 bits per heavy atom. The first-order valence-electron chi connectivity index (χ1n) is 8.06. The average Bonchev–Trinajstić information content (AvgIpc) is 2.93. The van der Waals surface area contributed by atoms with Gasteiger partial charge in [-0.25, -0.2) is 14.5 Å². The lowest BCUT2D eigenvalue weighted by atomic mass is 10.1. The van der Waals surface area contributed by atoms with Crippen molar-refractivity contribution in [2.75, 3.05) is 5.32 Å². The molecule has 0 spiro atoms. The summed E-state index contributed by atoms with van der Waals surface area (Å²) in [5.74, 6) is -0.0814. The van der Waals surface area contributed by atoms with Crippen molar-refractivity contribution >= 4 is 17.9 Å². The van der Waals surface area contributed by atoms with E-state index in [0.29, 0.717) is 6.54 Å². The van der Waals surface area contributed by atoms with Crippen molar-refractivity contribution in [3.8, 4) is 0 Å². The van der Waals surface area contributed by atoms with Gasteiger partial charge < -0.3 is 10.6 Å². The maximum atomic E-state index is 12.0. The number of urea groups is 1. The highest BCUT2D eigenvalue weighted by Crippen LogP contribution is 2.04. The minimum Gasteiger partial charge on any atom is -0.350 e. The van der Waals surface area contributed by atoms with E-state index >= 15 is 0 Å². The van der Waals surface area contributed by atoms with Crippen molar-refractivity contribution < 1.29 is 9.59 Å². The van der Waals surface area contributed by atoms with Crippen LogP contribution in [0.4, 0.5) is 10.7 Å². The molecule has 3 N–H and O–H groups in total. The molecule has 25 heavy (non-hydrogen) atoms. The van der Waals surface area contributed by atoms with Crippen LogP contribution in [0, 0.1) is 0 Å². The molecule has 3 amide bonds. The van der Waals surface area contributed by atoms with Crippen LogP contribution >= 0.6 is 0 Å². The first kappa shape index (κ1) is 18.4. The zero-order valence-corrected chi connectivity index (χ0v) is 14.9. The number of carbonyl (C=O) groups is 2. The summed E-state index contributed by atoms with van der Waals surface area (Å²) in [7, 11) is 0. The molecule has 0 radical (unpaired) electrons. The number of nitrogens with one attached hydrogen (secondary N) is 3. The van der Waals surface area contributed by atoms with Gasteiger partial charge in [0.2, 0.25) is 11.9 Å². The van der Waals surface area contributed by atoms with E-state index in [-0.39, 0.29) is 17.4 Å². The molecule has 1 atom stereocenters. The van der Waals surface area contributed by atoms with Gasteiger partial charge in [0.1, 0.15) is 12.4 Å². The summed E-state index contributed by atoms with van der Waals surface area (Å²) in [5.41, 5.74) is 0.720. The van der Waals surface area contributed by atoms with Crippen LogP contribution in [0.1, 0.15) is 33.3 Å². The Hall–Kier alpha value is -2.90. The first-order valence-corrected chi connectivity index (χ1v) is 8.06. The van der Waals surface area contributed by atoms with Gasteiger partial charge in [0.15, 0.2) is 0 Å². The fourth-order valence-corrected chi connectivity index (χ4v) is 2.08. The minimum atomic E-state index is -0.675. The Morgan fingerprint density at radius 2 is 1.88 bits per heavy atom. The van der Waals surface area contributed by atoms with Crippen LogP contribution < -0.4 is 16.0 Å². The Kier molecular flexibility index (Phi) is 5.74. The lowest BCUT2D eigenvalue weighted by Gasteiger charge is -2.23. The molecule has 134 valence electrons. The lowest BCUT2D eigenvalue weighted by molar-refractivity contribution is -0.123. The van der Waals surface area contributed by atoms with Gasteiger partial charge in [0.25, 0.3) is 0 Å². The topological polar surface area (TPSA) is 101 Å². The van der Waals surface area contributed by atoms with E-state index in [9.17, 15) is 9.59 Å². The Bertz CT molecular complexity index is 720. The highest BCUT2D eigenvalue weighted by Gasteiger charge is 2.21. The quantitative estimate of drug-likeness (QED) is 0.769. The normalized spacial score (nSPS) is 12.3. The van der Waals surface area contributed by atoms with Gasteiger partial charge >= 0.3 is 6.03 Å². The van der Waals surface area contributed by atoms with Crippen molar-refractivity contribution in [1.29, 1.82) is 0 Å². The number of aromatic nitrogens is 3. The summed E-state index contributed by atoms with van der Waals surface area (Å²) in [4.78, 5) is 28.0. The highest BCUT2D eigenvalue weighted by atomic mass is 16.2. The number of amides is 3. The monoisotopic (exact) mass is 344 g/mol. The second-order valence-electron chi connectivity index (χ2n) is 6.81. The van der Waals surface area contributed by atoms with E-state index in [1.165, 1.54) is 0 Å². The molecule has 1 aromatic carbocycles. The van der Waals surface area contributed by atoms with E-state index in [1.54, 1.807) is 17.9 Å². The summed E-state index contributed by atoms with van der Waals surface area (Å²) in [6, 6.07) is 8.60. The summed E-state index contributed by atoms with van der Waals surface area (Å²) in [6.45, 7) is 7.80. The standard InChI is InChI=1S/C17H24N6O2/c1-12(14(24)21-17(2,3)4)19-16(25)20-15-18-11-23(22-15)10-13-8-6-5-7-9-13/h5-9,11-12H,10H2,1-4H3,(H,21,24)(H2,19,20,22,25). The molecule has 2 rings (SSSR count). The van der Waals surface area contributed by atoms with Crippen molar-refractivity contribution in [2.24, 2.45) is 0 Å². The Balaban J connectivity index is 1.85. The number of nitrogens with zero attached hydrogens (tertiary/aromatic N) is 3. The number of hydrogen-bond acceptors (Lipinski definition) is 4. The molecule has 1 unspecified atom stereocenters. The molecule has 0 saturated carbocycles. The maximum absolute atomic E-state index is 12.0. The third-order valence-corrected chi connectivity index (χ3v) is 3.19. The van der Waals surface area contributed by atoms with Crippen molar-refractivity contribution in [2.45, 2.75) is 45.8 Å².